The highest BCUT2D eigenvalue weighted by molar-refractivity contribution is 5.79. The van der Waals surface area contributed by atoms with Gasteiger partial charge in [0, 0.05) is 24.9 Å². The Labute approximate surface area is 127 Å². The molecule has 2 heterocycles. The van der Waals surface area contributed by atoms with Crippen LogP contribution in [0, 0.1) is 11.3 Å². The van der Waals surface area contributed by atoms with Crippen LogP contribution in [0.5, 0.6) is 0 Å². The van der Waals surface area contributed by atoms with Crippen molar-refractivity contribution in [1.29, 1.82) is 0 Å². The molecule has 0 aromatic rings. The van der Waals surface area contributed by atoms with Gasteiger partial charge in [-0.1, -0.05) is 6.92 Å². The van der Waals surface area contributed by atoms with Crippen LogP contribution in [0.2, 0.25) is 0 Å². The average Bonchev–Trinajstić information content (AvgIpc) is 2.75. The predicted octanol–water partition coefficient (Wildman–Crippen LogP) is 1.33. The third-order valence-corrected chi connectivity index (χ3v) is 4.10. The summed E-state index contributed by atoms with van der Waals surface area (Å²) < 4.78 is 42.5. The van der Waals surface area contributed by atoms with Crippen molar-refractivity contribution >= 4 is 11.9 Å². The van der Waals surface area contributed by atoms with Crippen molar-refractivity contribution in [3.8, 4) is 0 Å². The minimum absolute atomic E-state index is 0.0756. The molecule has 0 saturated carbocycles. The van der Waals surface area contributed by atoms with Gasteiger partial charge >= 0.3 is 12.1 Å². The maximum atomic E-state index is 12.4. The fraction of sp³-hybridized carbons (Fsp3) is 0.857. The van der Waals surface area contributed by atoms with Gasteiger partial charge in [-0.15, -0.1) is 0 Å². The molecule has 0 aromatic heterocycles. The van der Waals surface area contributed by atoms with E-state index in [1.54, 1.807) is 0 Å². The number of hydrogen-bond acceptors (Lipinski definition) is 4. The Morgan fingerprint density at radius 1 is 1.50 bits per heavy atom. The van der Waals surface area contributed by atoms with Crippen molar-refractivity contribution in [2.45, 2.75) is 32.4 Å². The zero-order valence-electron chi connectivity index (χ0n) is 12.5. The van der Waals surface area contributed by atoms with Gasteiger partial charge in [0.25, 0.3) is 0 Å². The lowest BCUT2D eigenvalue weighted by Crippen LogP contribution is -2.44. The number of esters is 1. The molecule has 22 heavy (non-hydrogen) atoms. The molecule has 126 valence electrons. The highest BCUT2D eigenvalue weighted by atomic mass is 19.4. The summed E-state index contributed by atoms with van der Waals surface area (Å²) >= 11 is 0. The van der Waals surface area contributed by atoms with Gasteiger partial charge < -0.3 is 10.1 Å². The third-order valence-electron chi connectivity index (χ3n) is 4.10. The first-order chi connectivity index (χ1) is 10.2. The van der Waals surface area contributed by atoms with E-state index in [4.69, 9.17) is 4.74 Å². The lowest BCUT2D eigenvalue weighted by Gasteiger charge is -2.32. The number of alkyl halides is 3. The molecule has 2 saturated heterocycles. The molecule has 1 amide bonds. The Kier molecular flexibility index (Phi) is 4.99. The summed E-state index contributed by atoms with van der Waals surface area (Å²) in [7, 11) is 0. The molecular formula is C14H21F3N2O3. The van der Waals surface area contributed by atoms with E-state index in [0.29, 0.717) is 32.4 Å². The van der Waals surface area contributed by atoms with Crippen LogP contribution >= 0.6 is 0 Å². The largest absolute Gasteiger partial charge is 0.465 e. The van der Waals surface area contributed by atoms with Crippen molar-refractivity contribution in [2.75, 3.05) is 32.8 Å². The van der Waals surface area contributed by atoms with E-state index in [0.717, 1.165) is 0 Å². The van der Waals surface area contributed by atoms with Gasteiger partial charge in [0.2, 0.25) is 5.91 Å². The number of carbonyl (C=O) groups is 2. The molecule has 2 fully saturated rings. The van der Waals surface area contributed by atoms with Crippen LogP contribution in [0.4, 0.5) is 13.2 Å². The average molecular weight is 322 g/mol. The molecule has 0 bridgehead atoms. The van der Waals surface area contributed by atoms with Crippen molar-refractivity contribution in [3.63, 3.8) is 0 Å². The number of rotatable bonds is 4. The first kappa shape index (κ1) is 17.1. The van der Waals surface area contributed by atoms with E-state index in [-0.39, 0.29) is 19.1 Å². The molecule has 5 nitrogen and oxygen atoms in total. The van der Waals surface area contributed by atoms with Gasteiger partial charge in [0.15, 0.2) is 0 Å². The summed E-state index contributed by atoms with van der Waals surface area (Å²) in [6.07, 6.45) is -2.87. The molecular weight excluding hydrogens is 301 g/mol. The van der Waals surface area contributed by atoms with Gasteiger partial charge in [0.05, 0.1) is 19.1 Å². The van der Waals surface area contributed by atoms with Crippen LogP contribution in [0.1, 0.15) is 26.2 Å². The molecule has 8 heteroatoms. The van der Waals surface area contributed by atoms with E-state index < -0.39 is 30.0 Å². The van der Waals surface area contributed by atoms with E-state index in [1.807, 2.05) is 6.92 Å². The van der Waals surface area contributed by atoms with E-state index >= 15 is 0 Å². The summed E-state index contributed by atoms with van der Waals surface area (Å²) in [4.78, 5) is 24.5. The van der Waals surface area contributed by atoms with Gasteiger partial charge in [-0.05, 0) is 19.4 Å². The quantitative estimate of drug-likeness (QED) is 0.794. The molecule has 2 atom stereocenters. The van der Waals surface area contributed by atoms with Crippen LogP contribution in [0.25, 0.3) is 0 Å². The zero-order chi connectivity index (χ0) is 16.4. The molecule has 1 N–H and O–H groups in total. The maximum Gasteiger partial charge on any atom is 0.401 e. The third kappa shape index (κ3) is 4.86. The molecule has 2 rings (SSSR count). The molecule has 0 aliphatic carbocycles. The first-order valence-electron chi connectivity index (χ1n) is 7.39. The Morgan fingerprint density at radius 2 is 2.23 bits per heavy atom. The van der Waals surface area contributed by atoms with Crippen molar-refractivity contribution in [3.05, 3.63) is 0 Å². The Hall–Kier alpha value is -1.31. The molecule has 2 aliphatic rings. The highest BCUT2D eigenvalue weighted by Gasteiger charge is 2.38. The fourth-order valence-electron chi connectivity index (χ4n) is 2.93. The number of likely N-dealkylation sites (tertiary alicyclic amines) is 1. The standard InChI is InChI=1S/C14H21F3N2O3/c1-13(5-11(20)18-7-13)9-22-12(21)10-3-2-4-19(6-10)8-14(15,16)17/h10H,2-9H2,1H3,(H,18,20)/t10-,13-/m0/s1. The molecule has 0 aromatic carbocycles. The van der Waals surface area contributed by atoms with E-state index in [9.17, 15) is 22.8 Å². The van der Waals surface area contributed by atoms with Gasteiger partial charge in [0.1, 0.15) is 0 Å². The van der Waals surface area contributed by atoms with Crippen LogP contribution < -0.4 is 5.32 Å². The van der Waals surface area contributed by atoms with E-state index in [2.05, 4.69) is 5.32 Å². The lowest BCUT2D eigenvalue weighted by atomic mass is 9.91. The molecule has 0 radical (unpaired) electrons. The first-order valence-corrected chi connectivity index (χ1v) is 7.39. The minimum atomic E-state index is -4.25. The number of carbonyl (C=O) groups excluding carboxylic acids is 2. The Morgan fingerprint density at radius 3 is 2.82 bits per heavy atom. The number of nitrogens with zero attached hydrogens (tertiary/aromatic N) is 1. The summed E-state index contributed by atoms with van der Waals surface area (Å²) in [5, 5.41) is 2.68. The maximum absolute atomic E-state index is 12.4. The van der Waals surface area contributed by atoms with Gasteiger partial charge in [-0.2, -0.15) is 13.2 Å². The smallest absolute Gasteiger partial charge is 0.401 e. The molecule has 0 spiro atoms. The Balaban J connectivity index is 1.80. The number of amides is 1. The molecule has 2 aliphatic heterocycles. The van der Waals surface area contributed by atoms with Crippen LogP contribution in [-0.4, -0.2) is 55.7 Å². The topological polar surface area (TPSA) is 58.6 Å². The number of hydrogen-bond donors (Lipinski definition) is 1. The second-order valence-electron chi connectivity index (χ2n) is 6.56. The molecule has 0 unspecified atom stereocenters. The number of ether oxygens (including phenoxy) is 1. The SMILES string of the molecule is C[C@@]1(COC(=O)[C@H]2CCCN(CC(F)(F)F)C2)CNC(=O)C1. The summed E-state index contributed by atoms with van der Waals surface area (Å²) in [6.45, 7) is 1.83. The minimum Gasteiger partial charge on any atom is -0.465 e. The van der Waals surface area contributed by atoms with Crippen molar-refractivity contribution < 1.29 is 27.5 Å². The monoisotopic (exact) mass is 322 g/mol. The number of nitrogens with one attached hydrogen (secondary N) is 1. The second-order valence-corrected chi connectivity index (χ2v) is 6.56. The van der Waals surface area contributed by atoms with Crippen LogP contribution in [0.15, 0.2) is 0 Å². The van der Waals surface area contributed by atoms with Crippen molar-refractivity contribution in [2.24, 2.45) is 11.3 Å². The van der Waals surface area contributed by atoms with Gasteiger partial charge in [-0.3, -0.25) is 14.5 Å². The normalized spacial score (nSPS) is 30.2. The van der Waals surface area contributed by atoms with Crippen LogP contribution in [0.3, 0.4) is 0 Å². The highest BCUT2D eigenvalue weighted by Crippen LogP contribution is 2.27. The lowest BCUT2D eigenvalue weighted by molar-refractivity contribution is -0.162. The number of halogens is 3. The van der Waals surface area contributed by atoms with Crippen LogP contribution in [-0.2, 0) is 14.3 Å². The van der Waals surface area contributed by atoms with Gasteiger partial charge in [-0.25, -0.2) is 0 Å². The van der Waals surface area contributed by atoms with E-state index in [1.165, 1.54) is 4.90 Å². The zero-order valence-corrected chi connectivity index (χ0v) is 12.5. The fourth-order valence-corrected chi connectivity index (χ4v) is 2.93. The van der Waals surface area contributed by atoms with Crippen molar-refractivity contribution in [1.82, 2.24) is 10.2 Å². The Bertz CT molecular complexity index is 442. The summed E-state index contributed by atoms with van der Waals surface area (Å²) in [5.41, 5.74) is -0.424. The number of piperidine rings is 1. The summed E-state index contributed by atoms with van der Waals surface area (Å²) in [5.74, 6) is -1.07. The predicted molar refractivity (Wildman–Crippen MR) is 71.9 cm³/mol. The summed E-state index contributed by atoms with van der Waals surface area (Å²) in [6, 6.07) is 0. The second kappa shape index (κ2) is 6.44.